The van der Waals surface area contributed by atoms with E-state index in [1.807, 2.05) is 4.68 Å². The Morgan fingerprint density at radius 1 is 1.09 bits per heavy atom. The van der Waals surface area contributed by atoms with Gasteiger partial charge in [-0.2, -0.15) is 5.10 Å². The molecule has 1 aromatic carbocycles. The number of carbonyl (C=O) groups excluding carboxylic acids is 4. The zero-order valence-electron chi connectivity index (χ0n) is 18.7. The van der Waals surface area contributed by atoms with Gasteiger partial charge in [0, 0.05) is 13.5 Å². The number of imide groups is 2. The number of rotatable bonds is 4. The molecule has 10 heteroatoms. The van der Waals surface area contributed by atoms with Gasteiger partial charge in [0.15, 0.2) is 0 Å². The molecule has 0 spiro atoms. The lowest BCUT2D eigenvalue weighted by atomic mass is 10.0. The zero-order chi connectivity index (χ0) is 24.0. The highest BCUT2D eigenvalue weighted by Crippen LogP contribution is 2.37. The predicted octanol–water partition coefficient (Wildman–Crippen LogP) is 0.958. The van der Waals surface area contributed by atoms with Gasteiger partial charge in [-0.05, 0) is 50.4 Å². The number of terminal acetylenes is 1. The molecule has 3 aliphatic heterocycles. The van der Waals surface area contributed by atoms with Crippen LogP contribution in [0.3, 0.4) is 0 Å². The second kappa shape index (κ2) is 8.43. The van der Waals surface area contributed by atoms with Crippen LogP contribution in [0.15, 0.2) is 24.4 Å². The molecule has 1 unspecified atom stereocenters. The normalized spacial score (nSPS) is 20.8. The van der Waals surface area contributed by atoms with Gasteiger partial charge in [-0.1, -0.05) is 6.07 Å². The van der Waals surface area contributed by atoms with Gasteiger partial charge in [0.05, 0.1) is 34.7 Å². The Kier molecular flexibility index (Phi) is 5.42. The van der Waals surface area contributed by atoms with Crippen molar-refractivity contribution in [1.82, 2.24) is 25.3 Å². The minimum Gasteiger partial charge on any atom is -0.340 e. The van der Waals surface area contributed by atoms with E-state index in [9.17, 15) is 19.2 Å². The van der Waals surface area contributed by atoms with Crippen molar-refractivity contribution in [3.8, 4) is 12.3 Å². The summed E-state index contributed by atoms with van der Waals surface area (Å²) in [6, 6.07) is 4.16. The Morgan fingerprint density at radius 2 is 1.85 bits per heavy atom. The summed E-state index contributed by atoms with van der Waals surface area (Å²) in [6.45, 7) is 1.78. The van der Waals surface area contributed by atoms with Crippen molar-refractivity contribution in [1.29, 1.82) is 0 Å². The monoisotopic (exact) mass is 460 g/mol. The molecule has 4 amide bonds. The summed E-state index contributed by atoms with van der Waals surface area (Å²) in [5.74, 6) is 0.576. The Hall–Kier alpha value is -3.97. The SMILES string of the molecule is C#Cc1c(N(C)c2cccc3c2C(=O)N(C2CCC(=O)NC2=O)C3=O)cnn1C1CCNCC1. The number of hydrogen-bond donors (Lipinski definition) is 2. The highest BCUT2D eigenvalue weighted by molar-refractivity contribution is 6.25. The van der Waals surface area contributed by atoms with Gasteiger partial charge in [-0.15, -0.1) is 6.42 Å². The molecule has 2 fully saturated rings. The van der Waals surface area contributed by atoms with Crippen LogP contribution in [0.1, 0.15) is 58.1 Å². The molecule has 5 rings (SSSR count). The van der Waals surface area contributed by atoms with E-state index in [-0.39, 0.29) is 30.0 Å². The summed E-state index contributed by atoms with van der Waals surface area (Å²) in [5, 5.41) is 10.1. The summed E-state index contributed by atoms with van der Waals surface area (Å²) >= 11 is 0. The first-order chi connectivity index (χ1) is 16.4. The largest absolute Gasteiger partial charge is 0.340 e. The van der Waals surface area contributed by atoms with Gasteiger partial charge in [0.1, 0.15) is 11.7 Å². The smallest absolute Gasteiger partial charge is 0.264 e. The van der Waals surface area contributed by atoms with Crippen molar-refractivity contribution in [2.24, 2.45) is 0 Å². The van der Waals surface area contributed by atoms with Crippen LogP contribution in [-0.2, 0) is 9.59 Å². The number of anilines is 2. The molecule has 0 aliphatic carbocycles. The van der Waals surface area contributed by atoms with Crippen molar-refractivity contribution in [3.05, 3.63) is 41.2 Å². The maximum atomic E-state index is 13.4. The number of hydrogen-bond acceptors (Lipinski definition) is 7. The van der Waals surface area contributed by atoms with Crippen LogP contribution < -0.4 is 15.5 Å². The number of nitrogens with zero attached hydrogens (tertiary/aromatic N) is 4. The van der Waals surface area contributed by atoms with Crippen molar-refractivity contribution in [3.63, 3.8) is 0 Å². The van der Waals surface area contributed by atoms with Crippen molar-refractivity contribution in [2.75, 3.05) is 25.0 Å². The third-order valence-electron chi connectivity index (χ3n) is 6.74. The van der Waals surface area contributed by atoms with Gasteiger partial charge in [-0.25, -0.2) is 0 Å². The number of fused-ring (bicyclic) bond motifs is 1. The number of nitrogens with one attached hydrogen (secondary N) is 2. The molecule has 0 saturated carbocycles. The summed E-state index contributed by atoms with van der Waals surface area (Å²) in [6.07, 6.45) is 9.54. The summed E-state index contributed by atoms with van der Waals surface area (Å²) < 4.78 is 1.86. The molecule has 4 heterocycles. The van der Waals surface area contributed by atoms with Gasteiger partial charge in [-0.3, -0.25) is 34.1 Å². The van der Waals surface area contributed by atoms with E-state index in [4.69, 9.17) is 6.42 Å². The van der Waals surface area contributed by atoms with Crippen molar-refractivity contribution >= 4 is 35.0 Å². The van der Waals surface area contributed by atoms with E-state index >= 15 is 0 Å². The molecule has 1 atom stereocenters. The zero-order valence-corrected chi connectivity index (χ0v) is 18.7. The topological polar surface area (TPSA) is 117 Å². The maximum Gasteiger partial charge on any atom is 0.264 e. The van der Waals surface area contributed by atoms with E-state index in [0.29, 0.717) is 17.1 Å². The van der Waals surface area contributed by atoms with Gasteiger partial charge < -0.3 is 10.2 Å². The molecule has 2 N–H and O–H groups in total. The average molecular weight is 460 g/mol. The molecular weight excluding hydrogens is 436 g/mol. The van der Waals surface area contributed by atoms with Crippen molar-refractivity contribution in [2.45, 2.75) is 37.8 Å². The predicted molar refractivity (Wildman–Crippen MR) is 122 cm³/mol. The van der Waals surface area contributed by atoms with Crippen molar-refractivity contribution < 1.29 is 19.2 Å². The second-order valence-electron chi connectivity index (χ2n) is 8.65. The fourth-order valence-corrected chi connectivity index (χ4v) is 4.97. The highest BCUT2D eigenvalue weighted by Gasteiger charge is 2.46. The molecule has 0 radical (unpaired) electrons. The average Bonchev–Trinajstić information content (AvgIpc) is 3.39. The fourth-order valence-electron chi connectivity index (χ4n) is 4.97. The molecule has 0 bridgehead atoms. The number of piperidine rings is 2. The number of carbonyl (C=O) groups is 4. The minimum absolute atomic E-state index is 0.0674. The van der Waals surface area contributed by atoms with E-state index < -0.39 is 29.7 Å². The van der Waals surface area contributed by atoms with Crippen LogP contribution in [0.4, 0.5) is 11.4 Å². The molecule has 34 heavy (non-hydrogen) atoms. The Bertz CT molecular complexity index is 1250. The fraction of sp³-hybridized carbons (Fsp3) is 0.375. The molecule has 10 nitrogen and oxygen atoms in total. The minimum atomic E-state index is -1.02. The summed E-state index contributed by atoms with van der Waals surface area (Å²) in [7, 11) is 1.77. The van der Waals surface area contributed by atoms with Crippen LogP contribution in [0.25, 0.3) is 0 Å². The van der Waals surface area contributed by atoms with Crippen LogP contribution in [0.5, 0.6) is 0 Å². The lowest BCUT2D eigenvalue weighted by molar-refractivity contribution is -0.136. The quantitative estimate of drug-likeness (QED) is 0.516. The van der Waals surface area contributed by atoms with E-state index in [1.54, 1.807) is 36.3 Å². The standard InChI is InChI=1S/C24H24N6O4/c1-3-16-19(13-26-30(16)14-9-11-25-12-10-14)28(2)17-6-4-5-15-21(17)24(34)29(23(15)33)18-7-8-20(31)27-22(18)32/h1,4-6,13-14,18,25H,7-12H2,2H3,(H,27,31,32). The molecule has 3 aliphatic rings. The molecule has 1 aromatic heterocycles. The Balaban J connectivity index is 1.51. The molecule has 2 aromatic rings. The summed E-state index contributed by atoms with van der Waals surface area (Å²) in [5.41, 5.74) is 2.16. The Morgan fingerprint density at radius 3 is 2.56 bits per heavy atom. The van der Waals surface area contributed by atoms with Gasteiger partial charge in [0.2, 0.25) is 11.8 Å². The van der Waals surface area contributed by atoms with Crippen LogP contribution >= 0.6 is 0 Å². The first-order valence-electron chi connectivity index (χ1n) is 11.3. The lowest BCUT2D eigenvalue weighted by Gasteiger charge is -2.28. The second-order valence-corrected chi connectivity index (χ2v) is 8.65. The molecule has 2 saturated heterocycles. The molecular formula is C24H24N6O4. The third-order valence-corrected chi connectivity index (χ3v) is 6.74. The van der Waals surface area contributed by atoms with E-state index in [1.165, 1.54) is 0 Å². The third kappa shape index (κ3) is 3.36. The van der Waals surface area contributed by atoms with Crippen LogP contribution in [-0.4, -0.2) is 64.5 Å². The van der Waals surface area contributed by atoms with Gasteiger partial charge in [0.25, 0.3) is 11.8 Å². The van der Waals surface area contributed by atoms with Crippen LogP contribution in [0, 0.1) is 12.3 Å². The summed E-state index contributed by atoms with van der Waals surface area (Å²) in [4.78, 5) is 53.2. The highest BCUT2D eigenvalue weighted by atomic mass is 16.2. The van der Waals surface area contributed by atoms with Crippen LogP contribution in [0.2, 0.25) is 0 Å². The van der Waals surface area contributed by atoms with E-state index in [0.717, 1.165) is 30.8 Å². The first-order valence-corrected chi connectivity index (χ1v) is 11.3. The number of amides is 4. The Labute approximate surface area is 196 Å². The van der Waals surface area contributed by atoms with E-state index in [2.05, 4.69) is 21.7 Å². The maximum absolute atomic E-state index is 13.4. The molecule has 174 valence electrons. The first kappa shape index (κ1) is 21.9. The van der Waals surface area contributed by atoms with Gasteiger partial charge >= 0.3 is 0 Å². The lowest BCUT2D eigenvalue weighted by Crippen LogP contribution is -2.54. The number of aromatic nitrogens is 2. The number of benzene rings is 1.